The van der Waals surface area contributed by atoms with Crippen LogP contribution < -0.4 is 15.4 Å². The van der Waals surface area contributed by atoms with Crippen LogP contribution in [0.1, 0.15) is 70.3 Å². The molecule has 2 N–H and O–H groups in total. The van der Waals surface area contributed by atoms with Crippen molar-refractivity contribution in [3.8, 4) is 16.9 Å². The fraction of sp³-hybridized carbons (Fsp3) is 0.500. The molecule has 9 heteroatoms. The minimum Gasteiger partial charge on any atom is -0.497 e. The summed E-state index contributed by atoms with van der Waals surface area (Å²) in [6.45, 7) is 12.3. The summed E-state index contributed by atoms with van der Waals surface area (Å²) in [6, 6.07) is 11.0. The molecule has 1 fully saturated rings. The highest BCUT2D eigenvalue weighted by molar-refractivity contribution is 5.96. The number of hydrogen-bond acceptors (Lipinski definition) is 6. The van der Waals surface area contributed by atoms with E-state index in [1.807, 2.05) is 69.6 Å². The van der Waals surface area contributed by atoms with Gasteiger partial charge in [-0.25, -0.2) is 9.78 Å². The van der Waals surface area contributed by atoms with Crippen LogP contribution in [-0.2, 0) is 16.1 Å². The lowest BCUT2D eigenvalue weighted by Crippen LogP contribution is -2.50. The second-order valence-corrected chi connectivity index (χ2v) is 12.1. The van der Waals surface area contributed by atoms with Gasteiger partial charge in [-0.05, 0) is 89.1 Å². The lowest BCUT2D eigenvalue weighted by Gasteiger charge is -2.32. The van der Waals surface area contributed by atoms with E-state index < -0.39 is 17.7 Å². The molecule has 41 heavy (non-hydrogen) atoms. The first-order valence-corrected chi connectivity index (χ1v) is 14.4. The fourth-order valence-corrected chi connectivity index (χ4v) is 5.44. The first kappa shape index (κ1) is 30.1. The molecule has 2 aromatic heterocycles. The van der Waals surface area contributed by atoms with E-state index in [1.54, 1.807) is 19.4 Å². The number of carbonyl (C=O) groups is 2. The standard InChI is InChI=1S/C32H43N5O4/c1-20-8-12-24(13-9-20)29(35-31(39)41-32(4,5)6)30(38)34-27-17-14-25(18-33-27)28-21(2)36-37(22(28)3)19-23-10-15-26(40-7)16-11-23/h10-11,14-18,20,24,29H,8-9,12-13,19H2,1-7H3,(H,35,39)(H,33,34,38)/t20?,24?,29-/m0/s1. The number of nitrogens with zero attached hydrogens (tertiary/aromatic N) is 3. The molecule has 0 bridgehead atoms. The molecule has 1 atom stereocenters. The number of rotatable bonds is 8. The minimum absolute atomic E-state index is 0.0415. The average molecular weight is 562 g/mol. The quantitative estimate of drug-likeness (QED) is 0.335. The molecular weight excluding hydrogens is 518 g/mol. The molecular formula is C32H43N5O4. The Labute approximate surface area is 243 Å². The predicted octanol–water partition coefficient (Wildman–Crippen LogP) is 6.28. The largest absolute Gasteiger partial charge is 0.497 e. The van der Waals surface area contributed by atoms with E-state index in [9.17, 15) is 9.59 Å². The van der Waals surface area contributed by atoms with E-state index in [2.05, 4.69) is 22.5 Å². The molecule has 3 aromatic rings. The zero-order valence-corrected chi connectivity index (χ0v) is 25.3. The highest BCUT2D eigenvalue weighted by Gasteiger charge is 2.34. The number of hydrogen-bond donors (Lipinski definition) is 2. The van der Waals surface area contributed by atoms with E-state index in [1.165, 1.54) is 0 Å². The van der Waals surface area contributed by atoms with Crippen LogP contribution in [0.3, 0.4) is 0 Å². The number of pyridine rings is 1. The number of benzene rings is 1. The molecule has 0 radical (unpaired) electrons. The van der Waals surface area contributed by atoms with E-state index in [-0.39, 0.29) is 11.8 Å². The Morgan fingerprint density at radius 2 is 1.73 bits per heavy atom. The van der Waals surface area contributed by atoms with Crippen LogP contribution in [0, 0.1) is 25.7 Å². The van der Waals surface area contributed by atoms with Crippen LogP contribution in [-0.4, -0.2) is 45.5 Å². The summed E-state index contributed by atoms with van der Waals surface area (Å²) >= 11 is 0. The van der Waals surface area contributed by atoms with Crippen molar-refractivity contribution in [1.82, 2.24) is 20.1 Å². The van der Waals surface area contributed by atoms with Gasteiger partial charge in [-0.3, -0.25) is 9.48 Å². The van der Waals surface area contributed by atoms with Gasteiger partial charge >= 0.3 is 6.09 Å². The molecule has 0 aliphatic heterocycles. The monoisotopic (exact) mass is 561 g/mol. The van der Waals surface area contributed by atoms with Crippen molar-refractivity contribution < 1.29 is 19.1 Å². The molecule has 1 aliphatic carbocycles. The Hall–Kier alpha value is -3.88. The van der Waals surface area contributed by atoms with Gasteiger partial charge in [0.05, 0.1) is 19.3 Å². The van der Waals surface area contributed by atoms with E-state index >= 15 is 0 Å². The van der Waals surface area contributed by atoms with Crippen molar-refractivity contribution >= 4 is 17.8 Å². The number of carbonyl (C=O) groups excluding carboxylic acids is 2. The van der Waals surface area contributed by atoms with Gasteiger partial charge < -0.3 is 20.1 Å². The third kappa shape index (κ3) is 7.86. The lowest BCUT2D eigenvalue weighted by atomic mass is 9.79. The Morgan fingerprint density at radius 1 is 1.05 bits per heavy atom. The molecule has 1 aliphatic rings. The van der Waals surface area contributed by atoms with Crippen LogP contribution in [0.25, 0.3) is 11.1 Å². The van der Waals surface area contributed by atoms with Crippen LogP contribution in [0.4, 0.5) is 10.6 Å². The summed E-state index contributed by atoms with van der Waals surface area (Å²) in [5.41, 5.74) is 4.35. The second kappa shape index (κ2) is 12.7. The number of aryl methyl sites for hydroxylation is 1. The summed E-state index contributed by atoms with van der Waals surface area (Å²) < 4.78 is 12.7. The fourth-order valence-electron chi connectivity index (χ4n) is 5.44. The van der Waals surface area contributed by atoms with Gasteiger partial charge in [0.2, 0.25) is 5.91 Å². The Balaban J connectivity index is 1.47. The van der Waals surface area contributed by atoms with Gasteiger partial charge in [-0.1, -0.05) is 31.9 Å². The maximum absolute atomic E-state index is 13.4. The van der Waals surface area contributed by atoms with Crippen molar-refractivity contribution in [2.75, 3.05) is 12.4 Å². The third-order valence-electron chi connectivity index (χ3n) is 7.66. The molecule has 1 saturated carbocycles. The number of nitrogens with one attached hydrogen (secondary N) is 2. The average Bonchev–Trinajstić information content (AvgIpc) is 3.20. The Bertz CT molecular complexity index is 1330. The summed E-state index contributed by atoms with van der Waals surface area (Å²) in [7, 11) is 1.66. The van der Waals surface area contributed by atoms with Crippen molar-refractivity contribution in [3.63, 3.8) is 0 Å². The minimum atomic E-state index is -0.695. The summed E-state index contributed by atoms with van der Waals surface area (Å²) in [4.78, 5) is 30.6. The number of amides is 2. The van der Waals surface area contributed by atoms with Crippen LogP contribution in [0.2, 0.25) is 0 Å². The van der Waals surface area contributed by atoms with Gasteiger partial charge in [0.1, 0.15) is 23.2 Å². The highest BCUT2D eigenvalue weighted by atomic mass is 16.6. The second-order valence-electron chi connectivity index (χ2n) is 12.1. The highest BCUT2D eigenvalue weighted by Crippen LogP contribution is 2.32. The van der Waals surface area contributed by atoms with Gasteiger partial charge in [-0.2, -0.15) is 5.10 Å². The maximum Gasteiger partial charge on any atom is 0.408 e. The van der Waals surface area contributed by atoms with Gasteiger partial charge in [-0.15, -0.1) is 0 Å². The molecule has 2 heterocycles. The number of ether oxygens (including phenoxy) is 2. The summed E-state index contributed by atoms with van der Waals surface area (Å²) in [5, 5.41) is 10.5. The predicted molar refractivity (Wildman–Crippen MR) is 160 cm³/mol. The lowest BCUT2D eigenvalue weighted by molar-refractivity contribution is -0.119. The molecule has 4 rings (SSSR count). The van der Waals surface area contributed by atoms with Crippen molar-refractivity contribution in [2.45, 2.75) is 85.4 Å². The van der Waals surface area contributed by atoms with E-state index in [0.29, 0.717) is 18.3 Å². The van der Waals surface area contributed by atoms with Crippen LogP contribution in [0.15, 0.2) is 42.6 Å². The summed E-state index contributed by atoms with van der Waals surface area (Å²) in [6.07, 6.45) is 4.98. The smallest absolute Gasteiger partial charge is 0.408 e. The third-order valence-corrected chi connectivity index (χ3v) is 7.66. The molecule has 9 nitrogen and oxygen atoms in total. The SMILES string of the molecule is COc1ccc(Cn2nc(C)c(-c3ccc(NC(=O)[C@@H](NC(=O)OC(C)(C)C)C4CCC(C)CC4)nc3)c2C)cc1. The molecule has 220 valence electrons. The van der Waals surface area contributed by atoms with Gasteiger partial charge in [0.25, 0.3) is 0 Å². The number of alkyl carbamates (subject to hydrolysis) is 1. The van der Waals surface area contributed by atoms with Crippen molar-refractivity contribution in [3.05, 3.63) is 59.5 Å². The number of aromatic nitrogens is 3. The van der Waals surface area contributed by atoms with Gasteiger partial charge in [0.15, 0.2) is 0 Å². The number of methoxy groups -OCH3 is 1. The molecule has 0 unspecified atom stereocenters. The maximum atomic E-state index is 13.4. The Morgan fingerprint density at radius 3 is 2.32 bits per heavy atom. The zero-order valence-electron chi connectivity index (χ0n) is 25.3. The first-order valence-electron chi connectivity index (χ1n) is 14.4. The van der Waals surface area contributed by atoms with Crippen LogP contribution >= 0.6 is 0 Å². The molecule has 0 spiro atoms. The summed E-state index contributed by atoms with van der Waals surface area (Å²) in [5.74, 6) is 1.63. The molecule has 0 saturated heterocycles. The number of anilines is 1. The molecule has 1 aromatic carbocycles. The van der Waals surface area contributed by atoms with E-state index in [0.717, 1.165) is 59.5 Å². The molecule has 2 amide bonds. The van der Waals surface area contributed by atoms with Crippen molar-refractivity contribution in [1.29, 1.82) is 0 Å². The van der Waals surface area contributed by atoms with Crippen LogP contribution in [0.5, 0.6) is 5.75 Å². The Kier molecular flexibility index (Phi) is 9.35. The topological polar surface area (TPSA) is 107 Å². The van der Waals surface area contributed by atoms with Gasteiger partial charge in [0, 0.05) is 23.0 Å². The van der Waals surface area contributed by atoms with E-state index in [4.69, 9.17) is 14.6 Å². The first-order chi connectivity index (χ1) is 19.4. The van der Waals surface area contributed by atoms with Crippen molar-refractivity contribution in [2.24, 2.45) is 11.8 Å². The normalized spacial score (nSPS) is 17.9. The zero-order chi connectivity index (χ0) is 29.7.